The van der Waals surface area contributed by atoms with Crippen LogP contribution in [-0.4, -0.2) is 47.9 Å². The number of hydrogen-bond donors (Lipinski definition) is 2. The molecule has 0 aliphatic rings. The van der Waals surface area contributed by atoms with Crippen LogP contribution in [0.1, 0.15) is 45.4 Å². The lowest BCUT2D eigenvalue weighted by atomic mass is 10.2. The summed E-state index contributed by atoms with van der Waals surface area (Å²) in [5.74, 6) is -0.926. The molecular weight excluding hydrogens is 248 g/mol. The Hall–Kier alpha value is -1.59. The van der Waals surface area contributed by atoms with Crippen molar-refractivity contribution < 1.29 is 19.5 Å². The first-order valence-electron chi connectivity index (χ1n) is 6.69. The highest BCUT2D eigenvalue weighted by Gasteiger charge is 2.10. The van der Waals surface area contributed by atoms with E-state index in [4.69, 9.17) is 5.11 Å². The Bertz CT molecular complexity index is 305. The molecule has 2 amide bonds. The van der Waals surface area contributed by atoms with Crippen LogP contribution in [0.15, 0.2) is 0 Å². The minimum absolute atomic E-state index is 0.0248. The number of nitrogens with zero attached hydrogens (tertiary/aromatic N) is 1. The van der Waals surface area contributed by atoms with Gasteiger partial charge in [-0.25, -0.2) is 0 Å². The van der Waals surface area contributed by atoms with Crippen LogP contribution >= 0.6 is 0 Å². The monoisotopic (exact) mass is 272 g/mol. The second-order valence-electron chi connectivity index (χ2n) is 4.52. The van der Waals surface area contributed by atoms with Crippen LogP contribution in [-0.2, 0) is 14.4 Å². The van der Waals surface area contributed by atoms with Crippen LogP contribution < -0.4 is 5.32 Å². The van der Waals surface area contributed by atoms with E-state index in [9.17, 15) is 14.4 Å². The minimum Gasteiger partial charge on any atom is -0.481 e. The second kappa shape index (κ2) is 10.3. The van der Waals surface area contributed by atoms with Gasteiger partial charge in [0, 0.05) is 39.4 Å². The minimum atomic E-state index is -0.853. The summed E-state index contributed by atoms with van der Waals surface area (Å²) in [6.07, 6.45) is 2.62. The van der Waals surface area contributed by atoms with Crippen LogP contribution in [0.25, 0.3) is 0 Å². The molecule has 6 heteroatoms. The third-order valence-electron chi connectivity index (χ3n) is 2.68. The molecule has 19 heavy (non-hydrogen) atoms. The number of carboxylic acid groups (broad SMARTS) is 1. The van der Waals surface area contributed by atoms with E-state index < -0.39 is 5.97 Å². The highest BCUT2D eigenvalue weighted by molar-refractivity contribution is 5.78. The third-order valence-corrected chi connectivity index (χ3v) is 2.68. The average molecular weight is 272 g/mol. The maximum atomic E-state index is 11.7. The zero-order chi connectivity index (χ0) is 14.7. The SMILES string of the molecule is CCCNC(=O)CCCC(=O)N(C)CCCC(=O)O. The molecule has 0 fully saturated rings. The van der Waals surface area contributed by atoms with E-state index >= 15 is 0 Å². The summed E-state index contributed by atoms with van der Waals surface area (Å²) < 4.78 is 0. The lowest BCUT2D eigenvalue weighted by Gasteiger charge is -2.16. The van der Waals surface area contributed by atoms with Gasteiger partial charge in [0.1, 0.15) is 0 Å². The van der Waals surface area contributed by atoms with Crippen molar-refractivity contribution in [3.63, 3.8) is 0 Å². The first kappa shape index (κ1) is 17.4. The van der Waals surface area contributed by atoms with E-state index in [0.717, 1.165) is 6.42 Å². The van der Waals surface area contributed by atoms with Crippen molar-refractivity contribution >= 4 is 17.8 Å². The van der Waals surface area contributed by atoms with Crippen molar-refractivity contribution in [2.45, 2.75) is 45.4 Å². The van der Waals surface area contributed by atoms with Crippen molar-refractivity contribution in [1.29, 1.82) is 0 Å². The molecule has 0 heterocycles. The normalized spacial score (nSPS) is 10.0. The van der Waals surface area contributed by atoms with Crippen LogP contribution in [0, 0.1) is 0 Å². The van der Waals surface area contributed by atoms with Gasteiger partial charge in [0.2, 0.25) is 11.8 Å². The van der Waals surface area contributed by atoms with Crippen molar-refractivity contribution in [2.24, 2.45) is 0 Å². The van der Waals surface area contributed by atoms with Gasteiger partial charge < -0.3 is 15.3 Å². The van der Waals surface area contributed by atoms with E-state index in [1.54, 1.807) is 7.05 Å². The van der Waals surface area contributed by atoms with Crippen molar-refractivity contribution in [3.8, 4) is 0 Å². The van der Waals surface area contributed by atoms with Crippen LogP contribution in [0.2, 0.25) is 0 Å². The van der Waals surface area contributed by atoms with Crippen LogP contribution in [0.3, 0.4) is 0 Å². The Morgan fingerprint density at radius 1 is 1.11 bits per heavy atom. The number of aliphatic carboxylic acids is 1. The highest BCUT2D eigenvalue weighted by atomic mass is 16.4. The van der Waals surface area contributed by atoms with Crippen molar-refractivity contribution in [3.05, 3.63) is 0 Å². The molecule has 0 radical (unpaired) electrons. The van der Waals surface area contributed by atoms with Crippen LogP contribution in [0.4, 0.5) is 0 Å². The van der Waals surface area contributed by atoms with E-state index in [1.807, 2.05) is 6.92 Å². The smallest absolute Gasteiger partial charge is 0.303 e. The molecule has 0 aliphatic heterocycles. The van der Waals surface area contributed by atoms with Gasteiger partial charge in [-0.05, 0) is 19.3 Å². The first-order chi connectivity index (χ1) is 8.97. The quantitative estimate of drug-likeness (QED) is 0.621. The molecule has 0 aromatic rings. The van der Waals surface area contributed by atoms with Crippen molar-refractivity contribution in [1.82, 2.24) is 10.2 Å². The molecule has 110 valence electrons. The zero-order valence-electron chi connectivity index (χ0n) is 11.8. The second-order valence-corrected chi connectivity index (χ2v) is 4.52. The highest BCUT2D eigenvalue weighted by Crippen LogP contribution is 2.01. The molecule has 0 saturated heterocycles. The topological polar surface area (TPSA) is 86.7 Å². The van der Waals surface area contributed by atoms with E-state index in [1.165, 1.54) is 4.90 Å². The van der Waals surface area contributed by atoms with Gasteiger partial charge in [-0.1, -0.05) is 6.92 Å². The molecule has 2 N–H and O–H groups in total. The lowest BCUT2D eigenvalue weighted by molar-refractivity contribution is -0.138. The number of nitrogens with one attached hydrogen (secondary N) is 1. The molecule has 0 saturated carbocycles. The molecule has 0 spiro atoms. The zero-order valence-corrected chi connectivity index (χ0v) is 11.8. The molecule has 0 atom stereocenters. The summed E-state index contributed by atoms with van der Waals surface area (Å²) in [5, 5.41) is 11.2. The number of rotatable bonds is 10. The summed E-state index contributed by atoms with van der Waals surface area (Å²) in [6.45, 7) is 3.09. The molecule has 0 aromatic heterocycles. The number of carbonyl (C=O) groups excluding carboxylic acids is 2. The van der Waals surface area contributed by atoms with Crippen LogP contribution in [0.5, 0.6) is 0 Å². The fourth-order valence-electron chi connectivity index (χ4n) is 1.54. The van der Waals surface area contributed by atoms with Crippen molar-refractivity contribution in [2.75, 3.05) is 20.1 Å². The van der Waals surface area contributed by atoms with Gasteiger partial charge in [-0.2, -0.15) is 0 Å². The number of amides is 2. The molecule has 0 aromatic carbocycles. The summed E-state index contributed by atoms with van der Waals surface area (Å²) >= 11 is 0. The molecule has 0 aliphatic carbocycles. The Kier molecular flexibility index (Phi) is 9.48. The van der Waals surface area contributed by atoms with Gasteiger partial charge in [0.15, 0.2) is 0 Å². The Labute approximate surface area is 114 Å². The predicted molar refractivity (Wildman–Crippen MR) is 71.7 cm³/mol. The Morgan fingerprint density at radius 3 is 2.37 bits per heavy atom. The molecular formula is C13H24N2O4. The van der Waals surface area contributed by atoms with Gasteiger partial charge >= 0.3 is 5.97 Å². The third kappa shape index (κ3) is 10.1. The van der Waals surface area contributed by atoms with Gasteiger partial charge in [-0.15, -0.1) is 0 Å². The number of hydrogen-bond acceptors (Lipinski definition) is 3. The number of carboxylic acids is 1. The van der Waals surface area contributed by atoms with Gasteiger partial charge in [0.05, 0.1) is 0 Å². The lowest BCUT2D eigenvalue weighted by Crippen LogP contribution is -2.28. The number of carbonyl (C=O) groups is 3. The molecule has 0 unspecified atom stereocenters. The molecule has 6 nitrogen and oxygen atoms in total. The first-order valence-corrected chi connectivity index (χ1v) is 6.69. The predicted octanol–water partition coefficient (Wildman–Crippen LogP) is 1.01. The van der Waals surface area contributed by atoms with Gasteiger partial charge in [-0.3, -0.25) is 14.4 Å². The fourth-order valence-corrected chi connectivity index (χ4v) is 1.54. The Morgan fingerprint density at radius 2 is 1.79 bits per heavy atom. The average Bonchev–Trinajstić information content (AvgIpc) is 2.35. The maximum absolute atomic E-state index is 11.7. The maximum Gasteiger partial charge on any atom is 0.303 e. The largest absolute Gasteiger partial charge is 0.481 e. The summed E-state index contributed by atoms with van der Waals surface area (Å²) in [5.41, 5.74) is 0. The van der Waals surface area contributed by atoms with E-state index in [0.29, 0.717) is 38.8 Å². The standard InChI is InChI=1S/C13H24N2O4/c1-3-9-14-11(16)6-4-7-12(17)15(2)10-5-8-13(18)19/h3-10H2,1-2H3,(H,14,16)(H,18,19). The molecule has 0 rings (SSSR count). The van der Waals surface area contributed by atoms with Gasteiger partial charge in [0.25, 0.3) is 0 Å². The summed E-state index contributed by atoms with van der Waals surface area (Å²) in [4.78, 5) is 34.8. The summed E-state index contributed by atoms with van der Waals surface area (Å²) in [6, 6.07) is 0. The molecule has 0 bridgehead atoms. The fraction of sp³-hybridized carbons (Fsp3) is 0.769. The van der Waals surface area contributed by atoms with E-state index in [2.05, 4.69) is 5.32 Å². The summed E-state index contributed by atoms with van der Waals surface area (Å²) in [7, 11) is 1.65. The Balaban J connectivity index is 3.67. The van der Waals surface area contributed by atoms with E-state index in [-0.39, 0.29) is 18.2 Å².